The molecule has 36 heavy (non-hydrogen) atoms. The molecule has 0 saturated heterocycles. The van der Waals surface area contributed by atoms with E-state index < -0.39 is 12.0 Å². The number of aromatic nitrogens is 1. The van der Waals surface area contributed by atoms with Crippen molar-refractivity contribution in [3.63, 3.8) is 0 Å². The standard InChI is InChI=1S/C27H27ClN2O5S/c1-6-34-26(32)23-16(4)29-27-30(24(23)17-7-10-20(33-5)11-8-17)25(31)22(36-27)14-18-13-19(28)9-12-21(18)35-15(2)3/h7-15,24H,6H2,1-5H3/b22-14+/t24-/m0/s1. The molecular weight excluding hydrogens is 500 g/mol. The topological polar surface area (TPSA) is 79.1 Å². The van der Waals surface area contributed by atoms with E-state index >= 15 is 0 Å². The van der Waals surface area contributed by atoms with Crippen LogP contribution in [0.25, 0.3) is 6.08 Å². The van der Waals surface area contributed by atoms with Crippen molar-refractivity contribution in [3.8, 4) is 11.5 Å². The van der Waals surface area contributed by atoms with Gasteiger partial charge in [-0.2, -0.15) is 0 Å². The molecule has 1 aromatic heterocycles. The minimum absolute atomic E-state index is 0.0515. The largest absolute Gasteiger partial charge is 0.497 e. The van der Waals surface area contributed by atoms with Gasteiger partial charge in [-0.05, 0) is 69.7 Å². The summed E-state index contributed by atoms with van der Waals surface area (Å²) in [6, 6.07) is 11.9. The minimum atomic E-state index is -0.695. The number of allylic oxidation sites excluding steroid dienone is 1. The van der Waals surface area contributed by atoms with Crippen LogP contribution in [-0.2, 0) is 9.53 Å². The fourth-order valence-corrected chi connectivity index (χ4v) is 5.25. The third kappa shape index (κ3) is 5.10. The molecule has 2 heterocycles. The van der Waals surface area contributed by atoms with E-state index in [0.29, 0.717) is 42.7 Å². The Kier molecular flexibility index (Phi) is 7.66. The zero-order valence-corrected chi connectivity index (χ0v) is 22.3. The van der Waals surface area contributed by atoms with Crippen LogP contribution >= 0.6 is 22.9 Å². The number of carbonyl (C=O) groups excluding carboxylic acids is 1. The Morgan fingerprint density at radius 2 is 1.94 bits per heavy atom. The van der Waals surface area contributed by atoms with Gasteiger partial charge in [0.1, 0.15) is 11.5 Å². The Labute approximate surface area is 217 Å². The van der Waals surface area contributed by atoms with Crippen molar-refractivity contribution in [1.29, 1.82) is 0 Å². The Morgan fingerprint density at radius 3 is 2.58 bits per heavy atom. The number of rotatable bonds is 7. The molecule has 0 saturated carbocycles. The molecule has 2 aromatic carbocycles. The van der Waals surface area contributed by atoms with Crippen LogP contribution in [0.3, 0.4) is 0 Å². The summed E-state index contributed by atoms with van der Waals surface area (Å²) >= 11 is 7.49. The average Bonchev–Trinajstić information content (AvgIpc) is 3.14. The molecule has 1 atom stereocenters. The number of hydrogen-bond acceptors (Lipinski definition) is 7. The molecule has 3 aromatic rings. The second-order valence-corrected chi connectivity index (χ2v) is 9.87. The molecule has 0 bridgehead atoms. The highest BCUT2D eigenvalue weighted by atomic mass is 35.5. The summed E-state index contributed by atoms with van der Waals surface area (Å²) in [4.78, 5) is 31.9. The van der Waals surface area contributed by atoms with Crippen molar-refractivity contribution in [3.05, 3.63) is 89.6 Å². The van der Waals surface area contributed by atoms with Crippen LogP contribution in [0.4, 0.5) is 0 Å². The maximum Gasteiger partial charge on any atom is 0.338 e. The molecule has 0 fully saturated rings. The number of thiazole rings is 1. The number of fused-ring (bicyclic) bond motifs is 1. The zero-order valence-electron chi connectivity index (χ0n) is 20.7. The first kappa shape index (κ1) is 25.7. The highest BCUT2D eigenvalue weighted by Crippen LogP contribution is 2.32. The number of halogens is 1. The van der Waals surface area contributed by atoms with Crippen molar-refractivity contribution >= 4 is 35.0 Å². The lowest BCUT2D eigenvalue weighted by molar-refractivity contribution is -0.139. The van der Waals surface area contributed by atoms with E-state index in [1.165, 1.54) is 11.3 Å². The number of methoxy groups -OCH3 is 1. The van der Waals surface area contributed by atoms with E-state index in [2.05, 4.69) is 4.99 Å². The normalized spacial score (nSPS) is 15.5. The molecule has 0 spiro atoms. The molecule has 9 heteroatoms. The van der Waals surface area contributed by atoms with Gasteiger partial charge in [0, 0.05) is 10.6 Å². The number of nitrogens with zero attached hydrogens (tertiary/aromatic N) is 2. The number of benzene rings is 2. The Morgan fingerprint density at radius 1 is 1.22 bits per heavy atom. The molecule has 0 unspecified atom stereocenters. The van der Waals surface area contributed by atoms with Crippen molar-refractivity contribution < 1.29 is 19.0 Å². The Balaban J connectivity index is 1.94. The summed E-state index contributed by atoms with van der Waals surface area (Å²) in [5, 5.41) is 0.529. The zero-order chi connectivity index (χ0) is 26.0. The quantitative estimate of drug-likeness (QED) is 0.430. The second kappa shape index (κ2) is 10.7. The van der Waals surface area contributed by atoms with Crippen LogP contribution in [0.2, 0.25) is 5.02 Å². The summed E-state index contributed by atoms with van der Waals surface area (Å²) in [5.41, 5.74) is 1.99. The minimum Gasteiger partial charge on any atom is -0.497 e. The molecule has 0 aliphatic carbocycles. The predicted octanol–water partition coefficient (Wildman–Crippen LogP) is 4.25. The molecule has 0 amide bonds. The third-order valence-electron chi connectivity index (χ3n) is 5.57. The van der Waals surface area contributed by atoms with E-state index in [4.69, 9.17) is 25.8 Å². The summed E-state index contributed by atoms with van der Waals surface area (Å²) in [7, 11) is 1.58. The fraction of sp³-hybridized carbons (Fsp3) is 0.296. The lowest BCUT2D eigenvalue weighted by atomic mass is 9.96. The van der Waals surface area contributed by atoms with E-state index in [-0.39, 0.29) is 18.3 Å². The Hall–Kier alpha value is -3.36. The van der Waals surface area contributed by atoms with Crippen LogP contribution in [0.15, 0.2) is 63.5 Å². The number of ether oxygens (including phenoxy) is 3. The highest BCUT2D eigenvalue weighted by molar-refractivity contribution is 7.07. The SMILES string of the molecule is CCOC(=O)C1=C(C)N=c2s/c(=C/c3cc(Cl)ccc3OC(C)C)c(=O)n2[C@H]1c1ccc(OC)cc1. The van der Waals surface area contributed by atoms with E-state index in [1.807, 2.05) is 26.0 Å². The first-order valence-electron chi connectivity index (χ1n) is 11.5. The van der Waals surface area contributed by atoms with Gasteiger partial charge >= 0.3 is 5.97 Å². The van der Waals surface area contributed by atoms with Crippen LogP contribution in [0.1, 0.15) is 44.9 Å². The van der Waals surface area contributed by atoms with E-state index in [9.17, 15) is 9.59 Å². The molecule has 1 aliphatic rings. The first-order valence-corrected chi connectivity index (χ1v) is 12.7. The van der Waals surface area contributed by atoms with Crippen molar-refractivity contribution in [2.75, 3.05) is 13.7 Å². The molecule has 188 valence electrons. The molecule has 1 aliphatic heterocycles. The first-order chi connectivity index (χ1) is 17.2. The van der Waals surface area contributed by atoms with Gasteiger partial charge in [0.05, 0.1) is 41.7 Å². The summed E-state index contributed by atoms with van der Waals surface area (Å²) < 4.78 is 18.5. The van der Waals surface area contributed by atoms with Gasteiger partial charge in [0.2, 0.25) is 0 Å². The highest BCUT2D eigenvalue weighted by Gasteiger charge is 2.33. The molecule has 7 nitrogen and oxygen atoms in total. The van der Waals surface area contributed by atoms with Gasteiger partial charge < -0.3 is 14.2 Å². The van der Waals surface area contributed by atoms with Gasteiger partial charge in [-0.3, -0.25) is 9.36 Å². The van der Waals surface area contributed by atoms with E-state index in [1.54, 1.807) is 61.9 Å². The second-order valence-electron chi connectivity index (χ2n) is 8.42. The molecule has 0 radical (unpaired) electrons. The lowest BCUT2D eigenvalue weighted by Gasteiger charge is -2.24. The van der Waals surface area contributed by atoms with Crippen molar-refractivity contribution in [1.82, 2.24) is 4.57 Å². The van der Waals surface area contributed by atoms with Crippen molar-refractivity contribution in [2.45, 2.75) is 39.8 Å². The Bertz CT molecular complexity index is 1500. The third-order valence-corrected chi connectivity index (χ3v) is 6.79. The van der Waals surface area contributed by atoms with Gasteiger partial charge in [0.25, 0.3) is 5.56 Å². The van der Waals surface area contributed by atoms with Crippen LogP contribution in [-0.4, -0.2) is 30.4 Å². The molecule has 4 rings (SSSR count). The van der Waals surface area contributed by atoms with Crippen molar-refractivity contribution in [2.24, 2.45) is 4.99 Å². The average molecular weight is 527 g/mol. The molecular formula is C27H27ClN2O5S. The van der Waals surface area contributed by atoms with Crippen LogP contribution in [0, 0.1) is 0 Å². The fourth-order valence-electron chi connectivity index (χ4n) is 4.03. The number of hydrogen-bond donors (Lipinski definition) is 0. The monoisotopic (exact) mass is 526 g/mol. The lowest BCUT2D eigenvalue weighted by Crippen LogP contribution is -2.39. The maximum atomic E-state index is 13.8. The van der Waals surface area contributed by atoms with Crippen LogP contribution < -0.4 is 24.4 Å². The van der Waals surface area contributed by atoms with Gasteiger partial charge in [-0.15, -0.1) is 0 Å². The van der Waals surface area contributed by atoms with Gasteiger partial charge in [-0.25, -0.2) is 9.79 Å². The number of esters is 1. The molecule has 0 N–H and O–H groups in total. The maximum absolute atomic E-state index is 13.8. The van der Waals surface area contributed by atoms with Crippen LogP contribution in [0.5, 0.6) is 11.5 Å². The van der Waals surface area contributed by atoms with Gasteiger partial charge in [0.15, 0.2) is 4.80 Å². The van der Waals surface area contributed by atoms with E-state index in [0.717, 1.165) is 5.56 Å². The summed E-state index contributed by atoms with van der Waals surface area (Å²) in [6.45, 7) is 7.57. The summed E-state index contributed by atoms with van der Waals surface area (Å²) in [6.07, 6.45) is 1.70. The summed E-state index contributed by atoms with van der Waals surface area (Å²) in [5.74, 6) is 0.787. The van der Waals surface area contributed by atoms with Gasteiger partial charge in [-0.1, -0.05) is 35.1 Å². The number of carbonyl (C=O) groups is 1. The predicted molar refractivity (Wildman–Crippen MR) is 141 cm³/mol. The smallest absolute Gasteiger partial charge is 0.338 e.